The second-order valence-electron chi connectivity index (χ2n) is 8.12. The lowest BCUT2D eigenvalue weighted by Gasteiger charge is -2.36. The molecule has 0 spiro atoms. The number of benzene rings is 1. The Balaban J connectivity index is 1.33. The Hall–Kier alpha value is -2.72. The van der Waals surface area contributed by atoms with Gasteiger partial charge in [-0.15, -0.1) is 0 Å². The topological polar surface area (TPSA) is 119 Å². The summed E-state index contributed by atoms with van der Waals surface area (Å²) in [5, 5.41) is 7.63. The molecule has 31 heavy (non-hydrogen) atoms. The summed E-state index contributed by atoms with van der Waals surface area (Å²) in [6, 6.07) is 9.30. The van der Waals surface area contributed by atoms with Crippen molar-refractivity contribution < 1.29 is 13.2 Å². The van der Waals surface area contributed by atoms with Crippen LogP contribution in [0.5, 0.6) is 0 Å². The molecule has 2 aliphatic heterocycles. The van der Waals surface area contributed by atoms with Gasteiger partial charge in [-0.1, -0.05) is 30.3 Å². The largest absolute Gasteiger partial charge is 0.342 e. The number of hydrogen-bond donors (Lipinski definition) is 2. The first kappa shape index (κ1) is 21.5. The van der Waals surface area contributed by atoms with Crippen molar-refractivity contribution in [2.24, 2.45) is 5.92 Å². The van der Waals surface area contributed by atoms with Crippen LogP contribution in [-0.4, -0.2) is 64.9 Å². The van der Waals surface area contributed by atoms with Crippen LogP contribution in [-0.2, 0) is 14.8 Å². The number of H-pyrrole nitrogens is 2. The van der Waals surface area contributed by atoms with Gasteiger partial charge in [0.05, 0.1) is 0 Å². The number of sulfonamides is 1. The Labute approximate surface area is 181 Å². The first-order valence-electron chi connectivity index (χ1n) is 10.6. The van der Waals surface area contributed by atoms with E-state index in [2.05, 4.69) is 15.2 Å². The molecular weight excluding hydrogens is 418 g/mol. The van der Waals surface area contributed by atoms with E-state index >= 15 is 0 Å². The van der Waals surface area contributed by atoms with Crippen molar-refractivity contribution >= 4 is 22.0 Å². The highest BCUT2D eigenvalue weighted by Gasteiger charge is 2.34. The summed E-state index contributed by atoms with van der Waals surface area (Å²) in [5.41, 5.74) is 0.488. The van der Waals surface area contributed by atoms with E-state index < -0.39 is 10.0 Å². The maximum absolute atomic E-state index is 13.0. The second kappa shape index (κ2) is 9.19. The van der Waals surface area contributed by atoms with Gasteiger partial charge in [-0.3, -0.25) is 9.78 Å². The lowest BCUT2D eigenvalue weighted by molar-refractivity contribution is -0.138. The molecule has 1 atom stereocenters. The van der Waals surface area contributed by atoms with Gasteiger partial charge in [0.25, 0.3) is 0 Å². The first-order valence-corrected chi connectivity index (χ1v) is 12.1. The van der Waals surface area contributed by atoms with E-state index in [4.69, 9.17) is 0 Å². The molecule has 0 saturated carbocycles. The molecule has 1 aromatic carbocycles. The smallest absolute Gasteiger partial charge is 0.340 e. The third-order valence-corrected chi connectivity index (χ3v) is 7.60. The predicted molar refractivity (Wildman–Crippen MR) is 116 cm³/mol. The summed E-state index contributed by atoms with van der Waals surface area (Å²) < 4.78 is 26.7. The number of piperidine rings is 2. The maximum atomic E-state index is 13.0. The van der Waals surface area contributed by atoms with Crippen LogP contribution in [0.25, 0.3) is 6.08 Å². The Morgan fingerprint density at radius 3 is 2.52 bits per heavy atom. The summed E-state index contributed by atoms with van der Waals surface area (Å²) in [6.07, 6.45) is 4.34. The van der Waals surface area contributed by atoms with Gasteiger partial charge in [0.15, 0.2) is 0 Å². The molecule has 4 rings (SSSR count). The molecule has 2 aliphatic rings. The molecule has 0 aliphatic carbocycles. The summed E-state index contributed by atoms with van der Waals surface area (Å²) >= 11 is 0. The Bertz CT molecular complexity index is 1080. The molecule has 2 fully saturated rings. The summed E-state index contributed by atoms with van der Waals surface area (Å²) in [5.74, 6) is 0.495. The van der Waals surface area contributed by atoms with E-state index in [-0.39, 0.29) is 23.4 Å². The van der Waals surface area contributed by atoms with Gasteiger partial charge >= 0.3 is 5.69 Å². The zero-order valence-corrected chi connectivity index (χ0v) is 18.1. The summed E-state index contributed by atoms with van der Waals surface area (Å²) in [6.45, 7) is 1.88. The number of amides is 1. The van der Waals surface area contributed by atoms with Crippen molar-refractivity contribution in [3.05, 3.63) is 57.6 Å². The molecule has 1 amide bonds. The molecule has 2 saturated heterocycles. The van der Waals surface area contributed by atoms with Gasteiger partial charge in [-0.2, -0.15) is 9.40 Å². The van der Waals surface area contributed by atoms with Crippen LogP contribution in [0.1, 0.15) is 43.0 Å². The minimum Gasteiger partial charge on any atom is -0.342 e. The van der Waals surface area contributed by atoms with Gasteiger partial charge < -0.3 is 4.90 Å². The lowest BCUT2D eigenvalue weighted by atomic mass is 9.92. The quantitative estimate of drug-likeness (QED) is 0.723. The van der Waals surface area contributed by atoms with Crippen LogP contribution in [0, 0.1) is 5.92 Å². The van der Waals surface area contributed by atoms with E-state index in [1.165, 1.54) is 9.71 Å². The van der Waals surface area contributed by atoms with E-state index in [1.54, 1.807) is 6.08 Å². The van der Waals surface area contributed by atoms with Gasteiger partial charge in [-0.25, -0.2) is 18.3 Å². The molecule has 0 radical (unpaired) electrons. The minimum absolute atomic E-state index is 0.0141. The van der Waals surface area contributed by atoms with Gasteiger partial charge in [-0.05, 0) is 37.3 Å². The molecule has 9 nitrogen and oxygen atoms in total. The number of aromatic amines is 2. The normalized spacial score (nSPS) is 21.5. The van der Waals surface area contributed by atoms with E-state index in [0.717, 1.165) is 18.4 Å². The molecule has 1 unspecified atom stereocenters. The second-order valence-corrected chi connectivity index (χ2v) is 9.94. The number of nitrogens with one attached hydrogen (secondary N) is 2. The summed E-state index contributed by atoms with van der Waals surface area (Å²) in [4.78, 5) is 28.9. The number of carbonyl (C=O) groups excluding carboxylic acids is 1. The van der Waals surface area contributed by atoms with Crippen molar-refractivity contribution in [1.82, 2.24) is 24.4 Å². The highest BCUT2D eigenvalue weighted by Crippen LogP contribution is 2.28. The van der Waals surface area contributed by atoms with Gasteiger partial charge in [0.2, 0.25) is 15.9 Å². The van der Waals surface area contributed by atoms with Crippen molar-refractivity contribution in [2.75, 3.05) is 26.2 Å². The zero-order chi connectivity index (χ0) is 21.8. The molecule has 1 aromatic heterocycles. The highest BCUT2D eigenvalue weighted by atomic mass is 32.2. The third-order valence-electron chi connectivity index (χ3n) is 6.03. The number of aromatic nitrogens is 3. The van der Waals surface area contributed by atoms with E-state index in [9.17, 15) is 18.0 Å². The number of nitrogens with zero attached hydrogens (tertiary/aromatic N) is 3. The number of rotatable bonds is 5. The number of carbonyl (C=O) groups is 1. The summed E-state index contributed by atoms with van der Waals surface area (Å²) in [7, 11) is -3.52. The van der Waals surface area contributed by atoms with E-state index in [0.29, 0.717) is 44.8 Å². The zero-order valence-electron chi connectivity index (χ0n) is 17.2. The fourth-order valence-electron chi connectivity index (χ4n) is 4.31. The van der Waals surface area contributed by atoms with Crippen LogP contribution in [0.2, 0.25) is 0 Å². The number of hydrogen-bond acceptors (Lipinski definition) is 5. The highest BCUT2D eigenvalue weighted by molar-refractivity contribution is 7.92. The fourth-order valence-corrected chi connectivity index (χ4v) is 5.53. The Kier molecular flexibility index (Phi) is 6.38. The standard InChI is InChI=1S/C21H27N5O4S/c27-20(25-11-4-7-18(15-25)19-22-21(28)24-23-19)17-8-12-26(13-9-17)31(29,30)14-10-16-5-2-1-3-6-16/h1-3,5-6,10,14,17-18H,4,7-9,11-13,15H2,(H2,22,23,24,28)/b14-10+. The molecule has 2 N–H and O–H groups in total. The molecule has 10 heteroatoms. The molecule has 0 bridgehead atoms. The van der Waals surface area contributed by atoms with Crippen molar-refractivity contribution in [3.63, 3.8) is 0 Å². The predicted octanol–water partition coefficient (Wildman–Crippen LogP) is 1.52. The van der Waals surface area contributed by atoms with Crippen molar-refractivity contribution in [3.8, 4) is 0 Å². The lowest BCUT2D eigenvalue weighted by Crippen LogP contribution is -2.46. The van der Waals surface area contributed by atoms with Crippen LogP contribution >= 0.6 is 0 Å². The van der Waals surface area contributed by atoms with E-state index in [1.807, 2.05) is 35.2 Å². The van der Waals surface area contributed by atoms with Crippen LogP contribution in [0.15, 0.2) is 40.5 Å². The molecule has 3 heterocycles. The third kappa shape index (κ3) is 5.13. The maximum Gasteiger partial charge on any atom is 0.340 e. The average Bonchev–Trinajstić information content (AvgIpc) is 3.24. The average molecular weight is 446 g/mol. The first-order chi connectivity index (χ1) is 14.9. The van der Waals surface area contributed by atoms with Crippen LogP contribution in [0.4, 0.5) is 0 Å². The van der Waals surface area contributed by atoms with Crippen molar-refractivity contribution in [1.29, 1.82) is 0 Å². The molecule has 166 valence electrons. The van der Waals surface area contributed by atoms with Crippen LogP contribution in [0.3, 0.4) is 0 Å². The fraction of sp³-hybridized carbons (Fsp3) is 0.476. The van der Waals surface area contributed by atoms with Gasteiger partial charge in [0.1, 0.15) is 5.82 Å². The SMILES string of the molecule is O=C(C1CCN(S(=O)(=O)/C=C/c2ccccc2)CC1)N1CCCC(c2n[nH]c(=O)[nH]2)C1. The van der Waals surface area contributed by atoms with Gasteiger partial charge in [0, 0.05) is 43.4 Å². The molecular formula is C21H27N5O4S. The Morgan fingerprint density at radius 2 is 1.84 bits per heavy atom. The Morgan fingerprint density at radius 1 is 1.10 bits per heavy atom. The number of likely N-dealkylation sites (tertiary alicyclic amines) is 1. The van der Waals surface area contributed by atoms with Crippen molar-refractivity contribution in [2.45, 2.75) is 31.6 Å². The monoisotopic (exact) mass is 445 g/mol. The van der Waals surface area contributed by atoms with Crippen LogP contribution < -0.4 is 5.69 Å². The molecule has 2 aromatic rings. The minimum atomic E-state index is -3.52.